The lowest BCUT2D eigenvalue weighted by molar-refractivity contribution is -0.119. The van der Waals surface area contributed by atoms with Gasteiger partial charge in [0.2, 0.25) is 0 Å². The highest BCUT2D eigenvalue weighted by Crippen LogP contribution is 2.26. The van der Waals surface area contributed by atoms with Crippen LogP contribution < -0.4 is 5.32 Å². The standard InChI is InChI=1S/C22H21ClN2O5S/c1-4-17-13(2)21(15-7-5-6-8-18(15)24-17)22(27)30-12-20(26)25-19-11-14(31(3,28)29)9-10-16(19)23/h5-11H,4,12H2,1-3H3,(H,25,26). The predicted molar refractivity (Wildman–Crippen MR) is 119 cm³/mol. The van der Waals surface area contributed by atoms with E-state index in [-0.39, 0.29) is 15.6 Å². The predicted octanol–water partition coefficient (Wildman–Crippen LogP) is 3.96. The van der Waals surface area contributed by atoms with Gasteiger partial charge in [0.25, 0.3) is 5.91 Å². The molecule has 0 aliphatic carbocycles. The van der Waals surface area contributed by atoms with Crippen LogP contribution in [0.2, 0.25) is 5.02 Å². The average molecular weight is 461 g/mol. The summed E-state index contributed by atoms with van der Waals surface area (Å²) in [6.07, 6.45) is 1.70. The van der Waals surface area contributed by atoms with Gasteiger partial charge in [0.1, 0.15) is 0 Å². The summed E-state index contributed by atoms with van der Waals surface area (Å²) in [6, 6.07) is 11.2. The van der Waals surface area contributed by atoms with Gasteiger partial charge in [-0.05, 0) is 43.2 Å². The Bertz CT molecular complexity index is 1290. The largest absolute Gasteiger partial charge is 0.452 e. The zero-order chi connectivity index (χ0) is 22.8. The van der Waals surface area contributed by atoms with Crippen molar-refractivity contribution >= 4 is 49.9 Å². The SMILES string of the molecule is CCc1nc2ccccc2c(C(=O)OCC(=O)Nc2cc(S(C)(=O)=O)ccc2Cl)c1C. The number of pyridine rings is 1. The Morgan fingerprint density at radius 3 is 2.55 bits per heavy atom. The van der Waals surface area contributed by atoms with Crippen LogP contribution in [0.15, 0.2) is 47.4 Å². The average Bonchev–Trinajstić information content (AvgIpc) is 2.72. The molecule has 0 saturated heterocycles. The Kier molecular flexibility index (Phi) is 6.62. The highest BCUT2D eigenvalue weighted by Gasteiger charge is 2.20. The van der Waals surface area contributed by atoms with Crippen LogP contribution in [0.25, 0.3) is 10.9 Å². The molecule has 0 aliphatic rings. The maximum absolute atomic E-state index is 12.8. The van der Waals surface area contributed by atoms with E-state index in [0.29, 0.717) is 28.5 Å². The van der Waals surface area contributed by atoms with Crippen molar-refractivity contribution in [3.8, 4) is 0 Å². The number of amides is 1. The highest BCUT2D eigenvalue weighted by atomic mass is 35.5. The number of rotatable bonds is 6. The molecule has 0 unspecified atom stereocenters. The summed E-state index contributed by atoms with van der Waals surface area (Å²) in [4.78, 5) is 29.7. The zero-order valence-corrected chi connectivity index (χ0v) is 18.8. The summed E-state index contributed by atoms with van der Waals surface area (Å²) < 4.78 is 28.7. The van der Waals surface area contributed by atoms with Crippen molar-refractivity contribution in [1.82, 2.24) is 4.98 Å². The first-order chi connectivity index (χ1) is 14.6. The molecule has 2 aromatic carbocycles. The zero-order valence-electron chi connectivity index (χ0n) is 17.2. The molecule has 1 aromatic heterocycles. The fourth-order valence-corrected chi connectivity index (χ4v) is 4.00. The van der Waals surface area contributed by atoms with Crippen LogP contribution >= 0.6 is 11.6 Å². The van der Waals surface area contributed by atoms with Crippen LogP contribution in [0.4, 0.5) is 5.69 Å². The molecule has 0 bridgehead atoms. The topological polar surface area (TPSA) is 102 Å². The lowest BCUT2D eigenvalue weighted by Gasteiger charge is -2.13. The van der Waals surface area contributed by atoms with Gasteiger partial charge < -0.3 is 10.1 Å². The molecule has 3 aromatic rings. The van der Waals surface area contributed by atoms with Gasteiger partial charge in [-0.3, -0.25) is 9.78 Å². The first-order valence-electron chi connectivity index (χ1n) is 9.46. The number of carbonyl (C=O) groups is 2. The third-order valence-electron chi connectivity index (χ3n) is 4.75. The van der Waals surface area contributed by atoms with Gasteiger partial charge in [-0.25, -0.2) is 13.2 Å². The summed E-state index contributed by atoms with van der Waals surface area (Å²) >= 11 is 6.04. The molecule has 162 valence electrons. The van der Waals surface area contributed by atoms with Gasteiger partial charge in [0, 0.05) is 17.3 Å². The fraction of sp³-hybridized carbons (Fsp3) is 0.227. The minimum absolute atomic E-state index is 0.00942. The number of nitrogens with zero attached hydrogens (tertiary/aromatic N) is 1. The smallest absolute Gasteiger partial charge is 0.339 e. The summed E-state index contributed by atoms with van der Waals surface area (Å²) in [6.45, 7) is 3.18. The van der Waals surface area contributed by atoms with E-state index in [1.807, 2.05) is 19.1 Å². The number of ether oxygens (including phenoxy) is 1. The van der Waals surface area contributed by atoms with E-state index in [4.69, 9.17) is 16.3 Å². The minimum atomic E-state index is -3.47. The van der Waals surface area contributed by atoms with Gasteiger partial charge in [-0.1, -0.05) is 36.7 Å². The number of fused-ring (bicyclic) bond motifs is 1. The number of halogens is 1. The maximum atomic E-state index is 12.8. The summed E-state index contributed by atoms with van der Waals surface area (Å²) in [5.74, 6) is -1.29. The van der Waals surface area contributed by atoms with Crippen molar-refractivity contribution in [3.63, 3.8) is 0 Å². The number of nitrogens with one attached hydrogen (secondary N) is 1. The van der Waals surface area contributed by atoms with Gasteiger partial charge in [0.05, 0.1) is 26.7 Å². The van der Waals surface area contributed by atoms with Crippen LogP contribution in [0.1, 0.15) is 28.5 Å². The van der Waals surface area contributed by atoms with Gasteiger partial charge in [-0.2, -0.15) is 0 Å². The minimum Gasteiger partial charge on any atom is -0.452 e. The molecule has 9 heteroatoms. The third-order valence-corrected chi connectivity index (χ3v) is 6.19. The Morgan fingerprint density at radius 1 is 1.16 bits per heavy atom. The van der Waals surface area contributed by atoms with E-state index in [1.165, 1.54) is 18.2 Å². The lowest BCUT2D eigenvalue weighted by atomic mass is 10.0. The molecule has 31 heavy (non-hydrogen) atoms. The Balaban J connectivity index is 1.79. The summed E-state index contributed by atoms with van der Waals surface area (Å²) in [7, 11) is -3.47. The third kappa shape index (κ3) is 5.03. The number of hydrogen-bond donors (Lipinski definition) is 1. The normalized spacial score (nSPS) is 11.4. The van der Waals surface area contributed by atoms with E-state index in [0.717, 1.165) is 11.9 Å². The molecule has 1 N–H and O–H groups in total. The first kappa shape index (κ1) is 22.7. The number of para-hydroxylation sites is 1. The number of aromatic nitrogens is 1. The number of sulfone groups is 1. The van der Waals surface area contributed by atoms with E-state index in [9.17, 15) is 18.0 Å². The molecule has 3 rings (SSSR count). The van der Waals surface area contributed by atoms with Crippen LogP contribution in [0.3, 0.4) is 0 Å². The second-order valence-electron chi connectivity index (χ2n) is 6.97. The van der Waals surface area contributed by atoms with E-state index >= 15 is 0 Å². The second-order valence-corrected chi connectivity index (χ2v) is 9.39. The molecule has 0 aliphatic heterocycles. The van der Waals surface area contributed by atoms with Crippen molar-refractivity contribution in [2.45, 2.75) is 25.2 Å². The van der Waals surface area contributed by atoms with Gasteiger partial charge in [0.15, 0.2) is 16.4 Å². The number of anilines is 1. The van der Waals surface area contributed by atoms with E-state index in [1.54, 1.807) is 19.1 Å². The van der Waals surface area contributed by atoms with Crippen molar-refractivity contribution in [1.29, 1.82) is 0 Å². The number of hydrogen-bond acceptors (Lipinski definition) is 6. The molecule has 7 nitrogen and oxygen atoms in total. The Hall–Kier alpha value is -2.97. The maximum Gasteiger partial charge on any atom is 0.339 e. The Labute approximate surface area is 185 Å². The van der Waals surface area contributed by atoms with E-state index in [2.05, 4.69) is 10.3 Å². The molecule has 0 atom stereocenters. The molecule has 1 heterocycles. The van der Waals surface area contributed by atoms with E-state index < -0.39 is 28.3 Å². The van der Waals surface area contributed by atoms with Crippen molar-refractivity contribution in [2.24, 2.45) is 0 Å². The summed E-state index contributed by atoms with van der Waals surface area (Å²) in [5, 5.41) is 3.29. The van der Waals surface area contributed by atoms with Gasteiger partial charge in [-0.15, -0.1) is 0 Å². The number of carbonyl (C=O) groups excluding carboxylic acids is 2. The number of aryl methyl sites for hydroxylation is 1. The molecular weight excluding hydrogens is 440 g/mol. The quantitative estimate of drug-likeness (QED) is 0.558. The number of esters is 1. The molecular formula is C22H21ClN2O5S. The second kappa shape index (κ2) is 9.03. The highest BCUT2D eigenvalue weighted by molar-refractivity contribution is 7.90. The lowest BCUT2D eigenvalue weighted by Crippen LogP contribution is -2.22. The van der Waals surface area contributed by atoms with Crippen LogP contribution in [-0.2, 0) is 25.8 Å². The van der Waals surface area contributed by atoms with Crippen molar-refractivity contribution in [3.05, 3.63) is 64.3 Å². The van der Waals surface area contributed by atoms with Crippen LogP contribution in [0, 0.1) is 6.92 Å². The first-order valence-corrected chi connectivity index (χ1v) is 11.7. The van der Waals surface area contributed by atoms with Crippen molar-refractivity contribution < 1.29 is 22.7 Å². The molecule has 0 fully saturated rings. The fourth-order valence-electron chi connectivity index (χ4n) is 3.19. The Morgan fingerprint density at radius 2 is 1.87 bits per heavy atom. The molecule has 0 spiro atoms. The van der Waals surface area contributed by atoms with Crippen LogP contribution in [-0.4, -0.2) is 38.1 Å². The summed E-state index contributed by atoms with van der Waals surface area (Å²) in [5.41, 5.74) is 2.64. The molecule has 0 saturated carbocycles. The van der Waals surface area contributed by atoms with Crippen molar-refractivity contribution in [2.75, 3.05) is 18.2 Å². The monoisotopic (exact) mass is 460 g/mol. The molecule has 1 amide bonds. The van der Waals surface area contributed by atoms with Gasteiger partial charge >= 0.3 is 5.97 Å². The number of benzene rings is 2. The molecule has 0 radical (unpaired) electrons. The van der Waals surface area contributed by atoms with Crippen LogP contribution in [0.5, 0.6) is 0 Å².